The third-order valence-electron chi connectivity index (χ3n) is 4.91. The van der Waals surface area contributed by atoms with Crippen LogP contribution in [0.1, 0.15) is 38.4 Å². The van der Waals surface area contributed by atoms with Crippen LogP contribution in [-0.2, 0) is 17.7 Å². The van der Waals surface area contributed by atoms with Crippen LogP contribution in [0.4, 0.5) is 0 Å². The summed E-state index contributed by atoms with van der Waals surface area (Å²) in [6, 6.07) is 13.0. The fraction of sp³-hybridized carbons (Fsp3) is 0.364. The largest absolute Gasteiger partial charge is 0.369 e. The molecule has 3 aromatic rings. The van der Waals surface area contributed by atoms with Gasteiger partial charge in [-0.15, -0.1) is 11.3 Å². The highest BCUT2D eigenvalue weighted by atomic mass is 32.1. The average Bonchev–Trinajstić information content (AvgIpc) is 3.09. The summed E-state index contributed by atoms with van der Waals surface area (Å²) in [6.45, 7) is 7.69. The molecule has 4 nitrogen and oxygen atoms in total. The van der Waals surface area contributed by atoms with Crippen LogP contribution >= 0.6 is 11.3 Å². The number of thiazole rings is 1. The maximum absolute atomic E-state index is 5.99. The molecule has 0 amide bonds. The van der Waals surface area contributed by atoms with E-state index in [-0.39, 0.29) is 6.10 Å². The summed E-state index contributed by atoms with van der Waals surface area (Å²) >= 11 is 1.77. The fourth-order valence-corrected chi connectivity index (χ4v) is 4.23. The quantitative estimate of drug-likeness (QED) is 0.662. The van der Waals surface area contributed by atoms with E-state index < -0.39 is 0 Å². The molecule has 1 aromatic carbocycles. The molecule has 0 radical (unpaired) electrons. The Labute approximate surface area is 164 Å². The van der Waals surface area contributed by atoms with E-state index in [0.717, 1.165) is 43.4 Å². The second kappa shape index (κ2) is 8.30. The summed E-state index contributed by atoms with van der Waals surface area (Å²) < 4.78 is 5.99. The van der Waals surface area contributed by atoms with Crippen LogP contribution in [0.3, 0.4) is 0 Å². The first kappa shape index (κ1) is 18.3. The van der Waals surface area contributed by atoms with Gasteiger partial charge in [-0.1, -0.05) is 35.9 Å². The van der Waals surface area contributed by atoms with E-state index in [0.29, 0.717) is 0 Å². The van der Waals surface area contributed by atoms with Crippen LogP contribution in [0, 0.1) is 13.8 Å². The van der Waals surface area contributed by atoms with E-state index in [4.69, 9.17) is 9.72 Å². The molecule has 4 rings (SSSR count). The zero-order valence-electron chi connectivity index (χ0n) is 15.9. The highest BCUT2D eigenvalue weighted by Gasteiger charge is 2.23. The lowest BCUT2D eigenvalue weighted by Gasteiger charge is -2.32. The van der Waals surface area contributed by atoms with Crippen molar-refractivity contribution in [3.8, 4) is 0 Å². The van der Waals surface area contributed by atoms with Crippen molar-refractivity contribution in [2.45, 2.75) is 32.9 Å². The van der Waals surface area contributed by atoms with Crippen molar-refractivity contribution in [2.24, 2.45) is 0 Å². The van der Waals surface area contributed by atoms with Gasteiger partial charge in [0, 0.05) is 36.9 Å². The number of hydrogen-bond acceptors (Lipinski definition) is 5. The topological polar surface area (TPSA) is 38.2 Å². The van der Waals surface area contributed by atoms with Gasteiger partial charge in [-0.3, -0.25) is 9.88 Å². The molecule has 1 saturated heterocycles. The molecular weight excluding hydrogens is 354 g/mol. The predicted molar refractivity (Wildman–Crippen MR) is 109 cm³/mol. The van der Waals surface area contributed by atoms with Crippen LogP contribution in [-0.4, -0.2) is 34.6 Å². The minimum absolute atomic E-state index is 0.0428. The molecule has 0 unspecified atom stereocenters. The van der Waals surface area contributed by atoms with Gasteiger partial charge in [0.1, 0.15) is 6.10 Å². The van der Waals surface area contributed by atoms with Crippen molar-refractivity contribution in [3.63, 3.8) is 0 Å². The van der Waals surface area contributed by atoms with Crippen molar-refractivity contribution in [1.82, 2.24) is 14.9 Å². The summed E-state index contributed by atoms with van der Waals surface area (Å²) in [6.07, 6.45) is 4.93. The highest BCUT2D eigenvalue weighted by molar-refractivity contribution is 7.11. The summed E-state index contributed by atoms with van der Waals surface area (Å²) in [4.78, 5) is 12.8. The van der Waals surface area contributed by atoms with Gasteiger partial charge in [0.2, 0.25) is 0 Å². The van der Waals surface area contributed by atoms with Crippen molar-refractivity contribution >= 4 is 11.3 Å². The number of aromatic nitrogens is 2. The standard InChI is InChI=1S/C22H25N3OS/c1-16-3-5-18(6-4-16)11-19-7-8-21(24-12-19)22-15-25(9-10-26-22)14-20-13-23-17(2)27-20/h3-8,12-13,22H,9-11,14-15H2,1-2H3/t22-/m0/s1. The summed E-state index contributed by atoms with van der Waals surface area (Å²) in [5, 5.41) is 1.13. The van der Waals surface area contributed by atoms with Gasteiger partial charge in [0.25, 0.3) is 0 Å². The number of ether oxygens (including phenoxy) is 1. The van der Waals surface area contributed by atoms with Gasteiger partial charge in [-0.2, -0.15) is 0 Å². The van der Waals surface area contributed by atoms with E-state index in [2.05, 4.69) is 60.1 Å². The van der Waals surface area contributed by atoms with Crippen LogP contribution in [0.25, 0.3) is 0 Å². The minimum Gasteiger partial charge on any atom is -0.369 e. The van der Waals surface area contributed by atoms with E-state index >= 15 is 0 Å². The number of morpholine rings is 1. The first-order valence-corrected chi connectivity index (χ1v) is 10.2. The molecule has 1 fully saturated rings. The predicted octanol–water partition coefficient (Wildman–Crippen LogP) is 4.32. The molecule has 2 aromatic heterocycles. The van der Waals surface area contributed by atoms with Crippen LogP contribution < -0.4 is 0 Å². The van der Waals surface area contributed by atoms with Crippen molar-refractivity contribution < 1.29 is 4.74 Å². The van der Waals surface area contributed by atoms with E-state index in [9.17, 15) is 0 Å². The van der Waals surface area contributed by atoms with Gasteiger partial charge in [0.15, 0.2) is 0 Å². The van der Waals surface area contributed by atoms with Gasteiger partial charge >= 0.3 is 0 Å². The fourth-order valence-electron chi connectivity index (χ4n) is 3.40. The monoisotopic (exact) mass is 379 g/mol. The van der Waals surface area contributed by atoms with Gasteiger partial charge in [0.05, 0.1) is 17.3 Å². The molecule has 140 valence electrons. The SMILES string of the molecule is Cc1ccc(Cc2ccc([C@@H]3CN(Cc4cnc(C)s4)CCO3)nc2)cc1. The Morgan fingerprint density at radius 3 is 2.56 bits per heavy atom. The Morgan fingerprint density at radius 1 is 1.04 bits per heavy atom. The van der Waals surface area contributed by atoms with E-state index in [1.54, 1.807) is 11.3 Å². The maximum Gasteiger partial charge on any atom is 0.112 e. The number of aryl methyl sites for hydroxylation is 2. The molecule has 0 bridgehead atoms. The Morgan fingerprint density at radius 2 is 1.85 bits per heavy atom. The van der Waals surface area contributed by atoms with Gasteiger partial charge in [-0.05, 0) is 37.5 Å². The molecule has 5 heteroatoms. The molecule has 1 atom stereocenters. The molecular formula is C22H25N3OS. The number of hydrogen-bond donors (Lipinski definition) is 0. The summed E-state index contributed by atoms with van der Waals surface area (Å²) in [5.41, 5.74) is 4.86. The molecule has 0 saturated carbocycles. The number of benzene rings is 1. The van der Waals surface area contributed by atoms with Crippen molar-refractivity contribution in [2.75, 3.05) is 19.7 Å². The zero-order valence-corrected chi connectivity index (χ0v) is 16.7. The third kappa shape index (κ3) is 4.80. The molecule has 1 aliphatic rings. The van der Waals surface area contributed by atoms with Gasteiger partial charge in [-0.25, -0.2) is 4.98 Å². The summed E-state index contributed by atoms with van der Waals surface area (Å²) in [5.74, 6) is 0. The molecule has 0 N–H and O–H groups in total. The first-order chi connectivity index (χ1) is 13.2. The number of nitrogens with zero attached hydrogens (tertiary/aromatic N) is 3. The highest BCUT2D eigenvalue weighted by Crippen LogP contribution is 2.23. The summed E-state index contributed by atoms with van der Waals surface area (Å²) in [7, 11) is 0. The Hall–Kier alpha value is -2.08. The number of pyridine rings is 1. The maximum atomic E-state index is 5.99. The second-order valence-electron chi connectivity index (χ2n) is 7.19. The van der Waals surface area contributed by atoms with Crippen molar-refractivity contribution in [1.29, 1.82) is 0 Å². The lowest BCUT2D eigenvalue weighted by atomic mass is 10.0. The normalized spacial score (nSPS) is 17.9. The Balaban J connectivity index is 1.38. The molecule has 0 aliphatic carbocycles. The smallest absolute Gasteiger partial charge is 0.112 e. The van der Waals surface area contributed by atoms with Crippen molar-refractivity contribution in [3.05, 3.63) is 81.1 Å². The first-order valence-electron chi connectivity index (χ1n) is 9.41. The van der Waals surface area contributed by atoms with Crippen LogP contribution in [0.15, 0.2) is 48.8 Å². The molecule has 27 heavy (non-hydrogen) atoms. The second-order valence-corrected chi connectivity index (χ2v) is 8.51. The molecule has 0 spiro atoms. The Kier molecular flexibility index (Phi) is 5.62. The third-order valence-corrected chi connectivity index (χ3v) is 5.80. The lowest BCUT2D eigenvalue weighted by molar-refractivity contribution is -0.0347. The van der Waals surface area contributed by atoms with Gasteiger partial charge < -0.3 is 4.74 Å². The van der Waals surface area contributed by atoms with Crippen LogP contribution in [0.5, 0.6) is 0 Å². The minimum atomic E-state index is 0.0428. The number of rotatable bonds is 5. The average molecular weight is 380 g/mol. The van der Waals surface area contributed by atoms with Crippen LogP contribution in [0.2, 0.25) is 0 Å². The zero-order chi connectivity index (χ0) is 18.6. The lowest BCUT2D eigenvalue weighted by Crippen LogP contribution is -2.37. The Bertz CT molecular complexity index is 873. The molecule has 3 heterocycles. The van der Waals surface area contributed by atoms with E-state index in [1.165, 1.54) is 21.6 Å². The van der Waals surface area contributed by atoms with E-state index in [1.807, 2.05) is 12.4 Å². The molecule has 1 aliphatic heterocycles.